The number of aromatic nitrogens is 1. The molecule has 2 aromatic heterocycles. The molecule has 0 fully saturated rings. The Morgan fingerprint density at radius 2 is 1.97 bits per heavy atom. The summed E-state index contributed by atoms with van der Waals surface area (Å²) < 4.78 is 28.9. The fourth-order valence-electron chi connectivity index (χ4n) is 3.72. The molecule has 0 saturated heterocycles. The number of primary amides is 1. The van der Waals surface area contributed by atoms with Crippen molar-refractivity contribution in [3.05, 3.63) is 86.7 Å². The van der Waals surface area contributed by atoms with E-state index in [0.29, 0.717) is 34.3 Å². The Kier molecular flexibility index (Phi) is 4.84. The second-order valence-corrected chi connectivity index (χ2v) is 7.91. The van der Waals surface area contributed by atoms with Crippen LogP contribution in [0.3, 0.4) is 0 Å². The maximum atomic E-state index is 13.7. The lowest BCUT2D eigenvalue weighted by atomic mass is 9.97. The van der Waals surface area contributed by atoms with Crippen molar-refractivity contribution in [1.29, 1.82) is 0 Å². The van der Waals surface area contributed by atoms with Crippen LogP contribution < -0.4 is 5.73 Å². The maximum Gasteiger partial charge on any atom is 0.251 e. The van der Waals surface area contributed by atoms with Crippen molar-refractivity contribution in [3.63, 3.8) is 0 Å². The minimum atomic E-state index is -0.962. The molecule has 148 valence electrons. The minimum absolute atomic E-state index is 0.0296. The molecule has 4 nitrogen and oxygen atoms in total. The van der Waals surface area contributed by atoms with E-state index in [4.69, 9.17) is 5.73 Å². The SMILES string of the molecule is Cc1c(C(N)=O)c2c(Cc3ccc(F)c(F)c3)c(O)ccc2n1Cc1cccs1. The molecule has 0 aliphatic carbocycles. The fourth-order valence-corrected chi connectivity index (χ4v) is 4.41. The summed E-state index contributed by atoms with van der Waals surface area (Å²) in [5.74, 6) is -2.53. The summed E-state index contributed by atoms with van der Waals surface area (Å²) in [6, 6.07) is 10.8. The van der Waals surface area contributed by atoms with Crippen LogP contribution in [0.5, 0.6) is 5.75 Å². The van der Waals surface area contributed by atoms with Crippen molar-refractivity contribution in [1.82, 2.24) is 4.57 Å². The number of hydrogen-bond acceptors (Lipinski definition) is 3. The van der Waals surface area contributed by atoms with Gasteiger partial charge >= 0.3 is 0 Å². The number of rotatable bonds is 5. The summed E-state index contributed by atoms with van der Waals surface area (Å²) in [6.45, 7) is 2.37. The number of thiophene rings is 1. The Morgan fingerprint density at radius 3 is 2.62 bits per heavy atom. The number of aromatic hydroxyl groups is 1. The molecule has 0 saturated carbocycles. The molecule has 0 unspecified atom stereocenters. The summed E-state index contributed by atoms with van der Waals surface area (Å²) in [5, 5.41) is 13.0. The Morgan fingerprint density at radius 1 is 1.17 bits per heavy atom. The molecule has 0 radical (unpaired) electrons. The molecule has 1 amide bonds. The van der Waals surface area contributed by atoms with Crippen LogP contribution in [0, 0.1) is 18.6 Å². The molecule has 29 heavy (non-hydrogen) atoms. The first-order valence-electron chi connectivity index (χ1n) is 8.96. The van der Waals surface area contributed by atoms with Crippen molar-refractivity contribution < 1.29 is 18.7 Å². The van der Waals surface area contributed by atoms with Crippen LogP contribution in [0.2, 0.25) is 0 Å². The Hall–Kier alpha value is -3.19. The highest BCUT2D eigenvalue weighted by molar-refractivity contribution is 7.09. The number of carbonyl (C=O) groups excluding carboxylic acids is 1. The van der Waals surface area contributed by atoms with Crippen LogP contribution >= 0.6 is 11.3 Å². The van der Waals surface area contributed by atoms with Crippen LogP contribution in [0.4, 0.5) is 8.78 Å². The Bertz CT molecular complexity index is 1230. The number of benzene rings is 2. The molecular weight excluding hydrogens is 394 g/mol. The lowest BCUT2D eigenvalue weighted by molar-refractivity contribution is 0.100. The summed E-state index contributed by atoms with van der Waals surface area (Å²) in [5.41, 5.74) is 8.38. The van der Waals surface area contributed by atoms with Crippen LogP contribution in [0.1, 0.15) is 32.1 Å². The molecule has 3 N–H and O–H groups in total. The lowest BCUT2D eigenvalue weighted by Gasteiger charge is -2.10. The van der Waals surface area contributed by atoms with Gasteiger partial charge < -0.3 is 15.4 Å². The van der Waals surface area contributed by atoms with E-state index in [1.807, 2.05) is 29.0 Å². The zero-order chi connectivity index (χ0) is 20.7. The van der Waals surface area contributed by atoms with E-state index in [1.165, 1.54) is 6.07 Å². The third kappa shape index (κ3) is 3.38. The van der Waals surface area contributed by atoms with Gasteiger partial charge in [-0.15, -0.1) is 11.3 Å². The number of nitrogens with zero attached hydrogens (tertiary/aromatic N) is 1. The number of fused-ring (bicyclic) bond motifs is 1. The van der Waals surface area contributed by atoms with E-state index in [2.05, 4.69) is 0 Å². The minimum Gasteiger partial charge on any atom is -0.508 e. The van der Waals surface area contributed by atoms with Gasteiger partial charge in [0.2, 0.25) is 0 Å². The second kappa shape index (κ2) is 7.33. The molecule has 0 aliphatic rings. The maximum absolute atomic E-state index is 13.7. The number of phenols is 1. The number of phenolic OH excluding ortho intramolecular Hbond substituents is 1. The van der Waals surface area contributed by atoms with Gasteiger partial charge in [-0.1, -0.05) is 12.1 Å². The zero-order valence-corrected chi connectivity index (χ0v) is 16.4. The number of halogens is 2. The standard InChI is InChI=1S/C22H18F2N2O2S/c1-12-20(22(25)28)21-15(9-13-4-5-16(23)17(24)10-13)19(27)7-6-18(21)26(12)11-14-3-2-8-29-14/h2-8,10,27H,9,11H2,1H3,(H2,25,28). The third-order valence-corrected chi connectivity index (χ3v) is 5.94. The topological polar surface area (TPSA) is 68.2 Å². The molecule has 0 bridgehead atoms. The van der Waals surface area contributed by atoms with Crippen molar-refractivity contribution >= 4 is 28.1 Å². The van der Waals surface area contributed by atoms with Gasteiger partial charge in [0.05, 0.1) is 12.1 Å². The third-order valence-electron chi connectivity index (χ3n) is 5.08. The van der Waals surface area contributed by atoms with Crippen LogP contribution in [0.25, 0.3) is 10.9 Å². The van der Waals surface area contributed by atoms with E-state index < -0.39 is 17.5 Å². The van der Waals surface area contributed by atoms with Crippen LogP contribution in [0.15, 0.2) is 47.8 Å². The largest absolute Gasteiger partial charge is 0.508 e. The van der Waals surface area contributed by atoms with Gasteiger partial charge in [-0.25, -0.2) is 8.78 Å². The highest BCUT2D eigenvalue weighted by Gasteiger charge is 2.23. The first-order valence-corrected chi connectivity index (χ1v) is 9.84. The van der Waals surface area contributed by atoms with Crippen molar-refractivity contribution in [2.24, 2.45) is 5.73 Å². The van der Waals surface area contributed by atoms with Gasteiger partial charge in [0.25, 0.3) is 5.91 Å². The molecule has 4 rings (SSSR count). The predicted molar refractivity (Wildman–Crippen MR) is 109 cm³/mol. The van der Waals surface area contributed by atoms with E-state index in [0.717, 1.165) is 22.5 Å². The number of amides is 1. The van der Waals surface area contributed by atoms with E-state index in [-0.39, 0.29) is 12.2 Å². The summed E-state index contributed by atoms with van der Waals surface area (Å²) in [4.78, 5) is 13.4. The highest BCUT2D eigenvalue weighted by Crippen LogP contribution is 2.36. The second-order valence-electron chi connectivity index (χ2n) is 6.87. The molecular formula is C22H18F2N2O2S. The highest BCUT2D eigenvalue weighted by atomic mass is 32.1. The van der Waals surface area contributed by atoms with Gasteiger partial charge in [0, 0.05) is 33.5 Å². The number of hydrogen-bond donors (Lipinski definition) is 2. The molecule has 2 heterocycles. The average Bonchev–Trinajstić information content (AvgIpc) is 3.28. The van der Waals surface area contributed by atoms with Crippen molar-refractivity contribution in [2.45, 2.75) is 19.9 Å². The van der Waals surface area contributed by atoms with Crippen LogP contribution in [-0.2, 0) is 13.0 Å². The quantitative estimate of drug-likeness (QED) is 0.497. The van der Waals surface area contributed by atoms with Crippen molar-refractivity contribution in [3.8, 4) is 5.75 Å². The van der Waals surface area contributed by atoms with E-state index in [9.17, 15) is 18.7 Å². The van der Waals surface area contributed by atoms with E-state index >= 15 is 0 Å². The summed E-state index contributed by atoms with van der Waals surface area (Å²) >= 11 is 1.60. The summed E-state index contributed by atoms with van der Waals surface area (Å²) in [7, 11) is 0. The predicted octanol–water partition coefficient (Wildman–Crippen LogP) is 4.73. The van der Waals surface area contributed by atoms with Crippen LogP contribution in [-0.4, -0.2) is 15.6 Å². The monoisotopic (exact) mass is 412 g/mol. The van der Waals surface area contributed by atoms with Gasteiger partial charge in [-0.2, -0.15) is 0 Å². The fraction of sp³-hybridized carbons (Fsp3) is 0.136. The summed E-state index contributed by atoms with van der Waals surface area (Å²) in [6.07, 6.45) is 0.128. The normalized spacial score (nSPS) is 11.3. The van der Waals surface area contributed by atoms with Crippen molar-refractivity contribution in [2.75, 3.05) is 0 Å². The van der Waals surface area contributed by atoms with Gasteiger partial charge in [0.15, 0.2) is 11.6 Å². The van der Waals surface area contributed by atoms with Gasteiger partial charge in [-0.05, 0) is 48.2 Å². The average molecular weight is 412 g/mol. The Balaban J connectivity index is 1.93. The molecule has 2 aromatic carbocycles. The molecule has 0 aliphatic heterocycles. The van der Waals surface area contributed by atoms with Gasteiger partial charge in [-0.3, -0.25) is 4.79 Å². The first-order chi connectivity index (χ1) is 13.9. The lowest BCUT2D eigenvalue weighted by Crippen LogP contribution is -2.13. The smallest absolute Gasteiger partial charge is 0.251 e. The Labute approximate surface area is 169 Å². The number of nitrogens with two attached hydrogens (primary N) is 1. The molecule has 0 spiro atoms. The molecule has 4 aromatic rings. The van der Waals surface area contributed by atoms with Gasteiger partial charge in [0.1, 0.15) is 5.75 Å². The number of carbonyl (C=O) groups is 1. The zero-order valence-electron chi connectivity index (χ0n) is 15.6. The van der Waals surface area contributed by atoms with E-state index in [1.54, 1.807) is 23.5 Å². The molecule has 0 atom stereocenters. The first kappa shape index (κ1) is 19.1. The molecule has 7 heteroatoms.